The molecule has 108 valence electrons. The van der Waals surface area contributed by atoms with Crippen LogP contribution in [0, 0.1) is 11.8 Å². The van der Waals surface area contributed by atoms with Gasteiger partial charge in [0.05, 0.1) is 0 Å². The highest BCUT2D eigenvalue weighted by Crippen LogP contribution is 2.22. The van der Waals surface area contributed by atoms with Crippen LogP contribution in [0.4, 0.5) is 0 Å². The smallest absolute Gasteiger partial charge is 0.223 e. The molecule has 2 aliphatic rings. The minimum Gasteiger partial charge on any atom is -0.342 e. The van der Waals surface area contributed by atoms with Crippen molar-refractivity contribution in [2.24, 2.45) is 11.8 Å². The predicted octanol–water partition coefficient (Wildman–Crippen LogP) is 2.58. The molecule has 0 aromatic rings. The van der Waals surface area contributed by atoms with Gasteiger partial charge in [-0.15, -0.1) is 0 Å². The molecule has 2 rings (SSSR count). The first-order chi connectivity index (χ1) is 9.29. The third-order valence-corrected chi connectivity index (χ3v) is 4.27. The molecule has 2 atom stereocenters. The molecule has 0 saturated carbocycles. The molecule has 0 aromatic heterocycles. The van der Waals surface area contributed by atoms with Gasteiger partial charge in [0.15, 0.2) is 0 Å². The number of nitrogens with one attached hydrogen (secondary N) is 1. The summed E-state index contributed by atoms with van der Waals surface area (Å²) in [6, 6.07) is 0. The van der Waals surface area contributed by atoms with Crippen molar-refractivity contribution in [3.8, 4) is 0 Å². The maximum Gasteiger partial charge on any atom is 0.223 e. The lowest BCUT2D eigenvalue weighted by atomic mass is 9.98. The molecule has 0 radical (unpaired) electrons. The van der Waals surface area contributed by atoms with Crippen LogP contribution in [0.1, 0.15) is 45.4 Å². The van der Waals surface area contributed by atoms with E-state index >= 15 is 0 Å². The number of nitrogens with zero attached hydrogens (tertiary/aromatic N) is 1. The molecule has 1 saturated heterocycles. The average Bonchev–Trinajstić information content (AvgIpc) is 2.92. The second-order valence-electron chi connectivity index (χ2n) is 6.02. The fraction of sp³-hybridized carbons (Fsp3) is 0.812. The molecular weight excluding hydrogens is 236 g/mol. The van der Waals surface area contributed by atoms with E-state index in [1.54, 1.807) is 0 Å². The Bertz CT molecular complexity index is 308. The van der Waals surface area contributed by atoms with E-state index in [9.17, 15) is 4.79 Å². The number of carbonyl (C=O) groups is 1. The molecule has 0 bridgehead atoms. The lowest BCUT2D eigenvalue weighted by molar-refractivity contribution is -0.132. The normalized spacial score (nSPS) is 26.6. The minimum absolute atomic E-state index is 0.365. The maximum absolute atomic E-state index is 12.4. The molecule has 1 aliphatic carbocycles. The van der Waals surface area contributed by atoms with Crippen LogP contribution in [-0.4, -0.2) is 37.0 Å². The summed E-state index contributed by atoms with van der Waals surface area (Å²) in [5.41, 5.74) is 0. The number of carbonyl (C=O) groups excluding carboxylic acids is 1. The van der Waals surface area contributed by atoms with Gasteiger partial charge in [-0.05, 0) is 57.0 Å². The van der Waals surface area contributed by atoms with E-state index < -0.39 is 0 Å². The number of piperidine rings is 1. The van der Waals surface area contributed by atoms with Gasteiger partial charge in [0, 0.05) is 19.5 Å². The topological polar surface area (TPSA) is 32.3 Å². The molecule has 19 heavy (non-hydrogen) atoms. The van der Waals surface area contributed by atoms with Crippen molar-refractivity contribution in [3.05, 3.63) is 12.2 Å². The van der Waals surface area contributed by atoms with Gasteiger partial charge in [0.2, 0.25) is 5.91 Å². The number of hydrogen-bond acceptors (Lipinski definition) is 2. The maximum atomic E-state index is 12.4. The van der Waals surface area contributed by atoms with Gasteiger partial charge >= 0.3 is 0 Å². The average molecular weight is 264 g/mol. The van der Waals surface area contributed by atoms with Crippen LogP contribution in [-0.2, 0) is 4.79 Å². The second-order valence-corrected chi connectivity index (χ2v) is 6.02. The van der Waals surface area contributed by atoms with E-state index in [1.807, 2.05) is 0 Å². The Morgan fingerprint density at radius 3 is 2.95 bits per heavy atom. The van der Waals surface area contributed by atoms with Crippen LogP contribution in [0.2, 0.25) is 0 Å². The molecule has 3 nitrogen and oxygen atoms in total. The first kappa shape index (κ1) is 14.6. The largest absolute Gasteiger partial charge is 0.342 e. The molecule has 1 fully saturated rings. The van der Waals surface area contributed by atoms with Gasteiger partial charge < -0.3 is 10.2 Å². The van der Waals surface area contributed by atoms with Gasteiger partial charge in [-0.2, -0.15) is 0 Å². The highest BCUT2D eigenvalue weighted by molar-refractivity contribution is 5.76. The number of hydrogen-bond donors (Lipinski definition) is 1. The standard InChI is InChI=1S/C16H28N2O/c1-2-10-18(13-15-8-5-9-17-12-15)16(19)11-14-6-3-4-7-14/h3,6,14-15,17H,2,4-5,7-13H2,1H3. The summed E-state index contributed by atoms with van der Waals surface area (Å²) in [5, 5.41) is 3.45. The zero-order valence-electron chi connectivity index (χ0n) is 12.2. The molecule has 2 unspecified atom stereocenters. The lowest BCUT2D eigenvalue weighted by Crippen LogP contribution is -2.41. The molecule has 1 heterocycles. The summed E-state index contributed by atoms with van der Waals surface area (Å²) < 4.78 is 0. The quantitative estimate of drug-likeness (QED) is 0.748. The van der Waals surface area contributed by atoms with E-state index in [0.717, 1.165) is 51.9 Å². The third kappa shape index (κ3) is 4.64. The van der Waals surface area contributed by atoms with Crippen LogP contribution >= 0.6 is 0 Å². The summed E-state index contributed by atoms with van der Waals surface area (Å²) in [6.07, 6.45) is 11.1. The SMILES string of the molecule is CCCN(CC1CCCNC1)C(=O)CC1C=CCC1. The number of allylic oxidation sites excluding steroid dienone is 2. The molecule has 1 aliphatic heterocycles. The summed E-state index contributed by atoms with van der Waals surface area (Å²) in [5.74, 6) is 1.52. The van der Waals surface area contributed by atoms with Crippen LogP contribution in [0.3, 0.4) is 0 Å². The Balaban J connectivity index is 1.82. The lowest BCUT2D eigenvalue weighted by Gasteiger charge is -2.30. The van der Waals surface area contributed by atoms with Crippen molar-refractivity contribution < 1.29 is 4.79 Å². The number of amides is 1. The molecule has 0 aromatic carbocycles. The summed E-state index contributed by atoms with van der Waals surface area (Å²) >= 11 is 0. The van der Waals surface area contributed by atoms with Crippen molar-refractivity contribution in [3.63, 3.8) is 0 Å². The Morgan fingerprint density at radius 2 is 2.32 bits per heavy atom. The molecule has 1 amide bonds. The molecular formula is C16H28N2O. The first-order valence-electron chi connectivity index (χ1n) is 7.94. The van der Waals surface area contributed by atoms with Crippen molar-refractivity contribution in [1.82, 2.24) is 10.2 Å². The second kappa shape index (κ2) is 7.68. The van der Waals surface area contributed by atoms with Crippen LogP contribution in [0.5, 0.6) is 0 Å². The monoisotopic (exact) mass is 264 g/mol. The Labute approximate surface area is 117 Å². The van der Waals surface area contributed by atoms with Gasteiger partial charge in [-0.25, -0.2) is 0 Å². The van der Waals surface area contributed by atoms with Crippen molar-refractivity contribution in [2.45, 2.75) is 45.4 Å². The fourth-order valence-corrected chi connectivity index (χ4v) is 3.20. The predicted molar refractivity (Wildman–Crippen MR) is 78.9 cm³/mol. The summed E-state index contributed by atoms with van der Waals surface area (Å²) in [4.78, 5) is 14.5. The van der Waals surface area contributed by atoms with E-state index in [2.05, 4.69) is 29.3 Å². The highest BCUT2D eigenvalue weighted by atomic mass is 16.2. The van der Waals surface area contributed by atoms with Gasteiger partial charge in [0.1, 0.15) is 0 Å². The fourth-order valence-electron chi connectivity index (χ4n) is 3.20. The van der Waals surface area contributed by atoms with Crippen LogP contribution < -0.4 is 5.32 Å². The Hall–Kier alpha value is -0.830. The summed E-state index contributed by atoms with van der Waals surface area (Å²) in [6.45, 7) is 6.26. The highest BCUT2D eigenvalue weighted by Gasteiger charge is 2.22. The molecule has 1 N–H and O–H groups in total. The van der Waals surface area contributed by atoms with Crippen LogP contribution in [0.15, 0.2) is 12.2 Å². The molecule has 0 spiro atoms. The Morgan fingerprint density at radius 1 is 1.42 bits per heavy atom. The zero-order chi connectivity index (χ0) is 13.5. The van der Waals surface area contributed by atoms with E-state index in [4.69, 9.17) is 0 Å². The first-order valence-corrected chi connectivity index (χ1v) is 7.94. The van der Waals surface area contributed by atoms with Gasteiger partial charge in [-0.1, -0.05) is 19.1 Å². The van der Waals surface area contributed by atoms with E-state index in [1.165, 1.54) is 12.8 Å². The Kier molecular flexibility index (Phi) is 5.90. The number of rotatable bonds is 6. The van der Waals surface area contributed by atoms with Crippen molar-refractivity contribution in [2.75, 3.05) is 26.2 Å². The van der Waals surface area contributed by atoms with E-state index in [0.29, 0.717) is 17.7 Å². The minimum atomic E-state index is 0.365. The van der Waals surface area contributed by atoms with E-state index in [-0.39, 0.29) is 0 Å². The summed E-state index contributed by atoms with van der Waals surface area (Å²) in [7, 11) is 0. The molecule has 3 heteroatoms. The zero-order valence-corrected chi connectivity index (χ0v) is 12.2. The third-order valence-electron chi connectivity index (χ3n) is 4.27. The van der Waals surface area contributed by atoms with Crippen LogP contribution in [0.25, 0.3) is 0 Å². The van der Waals surface area contributed by atoms with Crippen molar-refractivity contribution in [1.29, 1.82) is 0 Å². The van der Waals surface area contributed by atoms with Crippen molar-refractivity contribution >= 4 is 5.91 Å². The van der Waals surface area contributed by atoms with Gasteiger partial charge in [0.25, 0.3) is 0 Å². The van der Waals surface area contributed by atoms with Gasteiger partial charge in [-0.3, -0.25) is 4.79 Å².